The van der Waals surface area contributed by atoms with Gasteiger partial charge in [0.2, 0.25) is 0 Å². The molecule has 5 heteroatoms. The highest BCUT2D eigenvalue weighted by Crippen LogP contribution is 2.67. The molecule has 0 amide bonds. The van der Waals surface area contributed by atoms with Gasteiger partial charge in [0.1, 0.15) is 17.8 Å². The third kappa shape index (κ3) is 2.98. The molecule has 0 aliphatic heterocycles. The van der Waals surface area contributed by atoms with Crippen LogP contribution in [0.15, 0.2) is 12.3 Å². The summed E-state index contributed by atoms with van der Waals surface area (Å²) in [5.74, 6) is 2.06. The number of fused-ring (bicyclic) bond motifs is 5. The lowest BCUT2D eigenvalue weighted by molar-refractivity contribution is -0.226. The van der Waals surface area contributed by atoms with Gasteiger partial charge in [-0.3, -0.25) is 9.59 Å². The molecule has 4 fully saturated rings. The molecular formula is C25H38O5. The largest absolute Gasteiger partial charge is 0.495 e. The zero-order chi connectivity index (χ0) is 21.9. The summed E-state index contributed by atoms with van der Waals surface area (Å²) < 4.78 is 17.8. The number of ketones is 1. The van der Waals surface area contributed by atoms with E-state index in [0.29, 0.717) is 30.6 Å². The van der Waals surface area contributed by atoms with Crippen molar-refractivity contribution in [3.63, 3.8) is 0 Å². The van der Waals surface area contributed by atoms with Crippen molar-refractivity contribution in [3.05, 3.63) is 12.3 Å². The van der Waals surface area contributed by atoms with Crippen LogP contribution < -0.4 is 0 Å². The molecule has 0 saturated heterocycles. The van der Waals surface area contributed by atoms with Crippen LogP contribution in [-0.2, 0) is 23.8 Å². The Balaban J connectivity index is 1.64. The van der Waals surface area contributed by atoms with Gasteiger partial charge in [0.05, 0.1) is 5.76 Å². The van der Waals surface area contributed by atoms with Crippen molar-refractivity contribution in [1.82, 2.24) is 0 Å². The van der Waals surface area contributed by atoms with Gasteiger partial charge in [-0.2, -0.15) is 0 Å². The van der Waals surface area contributed by atoms with Gasteiger partial charge in [-0.05, 0) is 63.2 Å². The summed E-state index contributed by atoms with van der Waals surface area (Å²) in [4.78, 5) is 25.3. The first-order valence-electron chi connectivity index (χ1n) is 11.7. The van der Waals surface area contributed by atoms with E-state index >= 15 is 0 Å². The number of ether oxygens (including phenoxy) is 3. The minimum Gasteiger partial charge on any atom is -0.495 e. The Bertz CT molecular complexity index is 746. The van der Waals surface area contributed by atoms with Crippen LogP contribution in [0.3, 0.4) is 0 Å². The fourth-order valence-corrected chi connectivity index (χ4v) is 8.13. The van der Waals surface area contributed by atoms with Crippen LogP contribution in [0.5, 0.6) is 0 Å². The molecule has 0 spiro atoms. The van der Waals surface area contributed by atoms with Gasteiger partial charge in [-0.1, -0.05) is 20.4 Å². The fourth-order valence-electron chi connectivity index (χ4n) is 8.13. The topological polar surface area (TPSA) is 61.8 Å². The molecule has 168 valence electrons. The van der Waals surface area contributed by atoms with E-state index in [1.165, 1.54) is 6.92 Å². The van der Waals surface area contributed by atoms with Gasteiger partial charge in [-0.15, -0.1) is 0 Å². The minimum absolute atomic E-state index is 0.110. The highest BCUT2D eigenvalue weighted by Gasteiger charge is 2.69. The zero-order valence-electron chi connectivity index (χ0n) is 19.3. The number of esters is 1. The lowest BCUT2D eigenvalue weighted by Gasteiger charge is -2.63. The molecule has 30 heavy (non-hydrogen) atoms. The zero-order valence-corrected chi connectivity index (χ0v) is 19.3. The number of hydrogen-bond donors (Lipinski definition) is 0. The molecule has 0 aromatic heterocycles. The van der Waals surface area contributed by atoms with E-state index in [-0.39, 0.29) is 34.8 Å². The number of carbonyl (C=O) groups is 2. The molecule has 0 bridgehead atoms. The number of carbonyl (C=O) groups excluding carboxylic acids is 2. The Kier molecular flexibility index (Phi) is 5.36. The average molecular weight is 419 g/mol. The van der Waals surface area contributed by atoms with Crippen LogP contribution in [-0.4, -0.2) is 36.7 Å². The van der Waals surface area contributed by atoms with Crippen molar-refractivity contribution >= 4 is 11.8 Å². The first kappa shape index (κ1) is 21.9. The summed E-state index contributed by atoms with van der Waals surface area (Å²) in [6.45, 7) is 12.0. The predicted molar refractivity (Wildman–Crippen MR) is 114 cm³/mol. The minimum atomic E-state index is -0.841. The Morgan fingerprint density at radius 1 is 1.03 bits per heavy atom. The van der Waals surface area contributed by atoms with Crippen LogP contribution in [0.25, 0.3) is 0 Å². The molecule has 0 radical (unpaired) electrons. The predicted octanol–water partition coefficient (Wildman–Crippen LogP) is 4.83. The SMILES string of the molecule is C=C(C)OC1CCC2C3CC(=O)C4(OC)CC(OC(C)=O)CCC4(C)C3CCC12C. The summed E-state index contributed by atoms with van der Waals surface area (Å²) in [6, 6.07) is 0. The van der Waals surface area contributed by atoms with E-state index in [9.17, 15) is 9.59 Å². The van der Waals surface area contributed by atoms with Gasteiger partial charge in [0.15, 0.2) is 5.78 Å². The van der Waals surface area contributed by atoms with E-state index in [0.717, 1.165) is 44.3 Å². The van der Waals surface area contributed by atoms with E-state index in [4.69, 9.17) is 14.2 Å². The molecule has 8 unspecified atom stereocenters. The van der Waals surface area contributed by atoms with Crippen LogP contribution >= 0.6 is 0 Å². The number of rotatable bonds is 4. The number of Topliss-reactive ketones (excluding diaryl/α,β-unsaturated/α-hetero) is 1. The van der Waals surface area contributed by atoms with Gasteiger partial charge in [0.25, 0.3) is 0 Å². The third-order valence-electron chi connectivity index (χ3n) is 9.49. The number of methoxy groups -OCH3 is 1. The molecule has 4 rings (SSSR count). The second kappa shape index (κ2) is 7.36. The first-order chi connectivity index (χ1) is 14.1. The highest BCUT2D eigenvalue weighted by molar-refractivity contribution is 5.90. The fraction of sp³-hybridized carbons (Fsp3) is 0.840. The lowest BCUT2D eigenvalue weighted by Crippen LogP contribution is -2.68. The Hall–Kier alpha value is -1.36. The summed E-state index contributed by atoms with van der Waals surface area (Å²) in [6.07, 6.45) is 7.09. The summed E-state index contributed by atoms with van der Waals surface area (Å²) in [5, 5.41) is 0. The maximum Gasteiger partial charge on any atom is 0.302 e. The summed E-state index contributed by atoms with van der Waals surface area (Å²) >= 11 is 0. The molecule has 4 aliphatic carbocycles. The molecule has 5 nitrogen and oxygen atoms in total. The lowest BCUT2D eigenvalue weighted by atomic mass is 9.43. The molecule has 4 aliphatic rings. The number of hydrogen-bond acceptors (Lipinski definition) is 5. The summed E-state index contributed by atoms with van der Waals surface area (Å²) in [5.41, 5.74) is -0.946. The van der Waals surface area contributed by atoms with Crippen LogP contribution in [0, 0.1) is 28.6 Å². The highest BCUT2D eigenvalue weighted by atomic mass is 16.5. The quantitative estimate of drug-likeness (QED) is 0.483. The van der Waals surface area contributed by atoms with Crippen LogP contribution in [0.2, 0.25) is 0 Å². The molecule has 0 heterocycles. The maximum atomic E-state index is 13.7. The van der Waals surface area contributed by atoms with E-state index in [2.05, 4.69) is 20.4 Å². The normalized spacial score (nSPS) is 47.6. The van der Waals surface area contributed by atoms with E-state index in [1.807, 2.05) is 6.92 Å². The van der Waals surface area contributed by atoms with Crippen molar-refractivity contribution < 1.29 is 23.8 Å². The van der Waals surface area contributed by atoms with Crippen molar-refractivity contribution in [2.45, 2.75) is 96.9 Å². The summed E-state index contributed by atoms with van der Waals surface area (Å²) in [7, 11) is 1.67. The van der Waals surface area contributed by atoms with Crippen LogP contribution in [0.1, 0.15) is 79.1 Å². The molecule has 8 atom stereocenters. The monoisotopic (exact) mass is 418 g/mol. The van der Waals surface area contributed by atoms with Crippen molar-refractivity contribution in [3.8, 4) is 0 Å². The molecule has 0 aromatic rings. The van der Waals surface area contributed by atoms with E-state index < -0.39 is 5.60 Å². The molecule has 0 aromatic carbocycles. The second-order valence-electron chi connectivity index (χ2n) is 10.9. The van der Waals surface area contributed by atoms with Crippen molar-refractivity contribution in [2.75, 3.05) is 7.11 Å². The Morgan fingerprint density at radius 2 is 1.77 bits per heavy atom. The first-order valence-corrected chi connectivity index (χ1v) is 11.7. The van der Waals surface area contributed by atoms with Crippen LogP contribution in [0.4, 0.5) is 0 Å². The smallest absolute Gasteiger partial charge is 0.302 e. The average Bonchev–Trinajstić information content (AvgIpc) is 2.98. The van der Waals surface area contributed by atoms with Crippen molar-refractivity contribution in [2.24, 2.45) is 28.6 Å². The van der Waals surface area contributed by atoms with Gasteiger partial charge >= 0.3 is 5.97 Å². The van der Waals surface area contributed by atoms with Gasteiger partial charge in [0, 0.05) is 37.7 Å². The Labute approximate surface area is 180 Å². The second-order valence-corrected chi connectivity index (χ2v) is 10.9. The maximum absolute atomic E-state index is 13.7. The molecule has 0 N–H and O–H groups in total. The van der Waals surface area contributed by atoms with Gasteiger partial charge in [-0.25, -0.2) is 0 Å². The van der Waals surface area contributed by atoms with Gasteiger partial charge < -0.3 is 14.2 Å². The van der Waals surface area contributed by atoms with E-state index in [1.54, 1.807) is 7.11 Å². The number of allylic oxidation sites excluding steroid dienone is 1. The molecule has 4 saturated carbocycles. The molecular weight excluding hydrogens is 380 g/mol. The third-order valence-corrected chi connectivity index (χ3v) is 9.49. The van der Waals surface area contributed by atoms with Crippen molar-refractivity contribution in [1.29, 1.82) is 0 Å². The Morgan fingerprint density at radius 3 is 2.40 bits per heavy atom. The standard InChI is InChI=1S/C25H38O5/c1-15(2)29-22-8-7-19-18-13-21(27)25(28-6)14-17(30-16(3)26)9-12-24(25,5)20(18)10-11-23(19,22)4/h17-20,22H,1,7-14H2,2-6H3.